The summed E-state index contributed by atoms with van der Waals surface area (Å²) in [5, 5.41) is 10.2. The van der Waals surface area contributed by atoms with E-state index in [1.807, 2.05) is 13.1 Å². The van der Waals surface area contributed by atoms with Gasteiger partial charge in [0, 0.05) is 58.1 Å². The van der Waals surface area contributed by atoms with Gasteiger partial charge in [-0.2, -0.15) is 5.10 Å². The fourth-order valence-electron chi connectivity index (χ4n) is 4.03. The summed E-state index contributed by atoms with van der Waals surface area (Å²) >= 11 is 0. The summed E-state index contributed by atoms with van der Waals surface area (Å²) in [6.45, 7) is 7.59. The van der Waals surface area contributed by atoms with E-state index < -0.39 is 0 Å². The highest BCUT2D eigenvalue weighted by atomic mass is 15.5. The van der Waals surface area contributed by atoms with Crippen LogP contribution in [0.15, 0.2) is 64.7 Å². The van der Waals surface area contributed by atoms with Crippen LogP contribution in [0.2, 0.25) is 0 Å². The quantitative estimate of drug-likeness (QED) is 0.579. The standard InChI is InChI=1S/C24H34N8/c1-4-30(2)29-21-12-10-20(11-13-21)23-28-27-22(26-18-19-8-6-5-7-9-19)24(31(23)3)32-16-14-25-15-17-32/h5-13,24-25,29H,4,14-18H2,1-3H3,(H,26,27). The summed E-state index contributed by atoms with van der Waals surface area (Å²) in [7, 11) is 4.15. The molecule has 2 aromatic rings. The second-order valence-electron chi connectivity index (χ2n) is 8.21. The highest BCUT2D eigenvalue weighted by Crippen LogP contribution is 2.19. The average Bonchev–Trinajstić information content (AvgIpc) is 2.84. The molecule has 32 heavy (non-hydrogen) atoms. The van der Waals surface area contributed by atoms with Crippen molar-refractivity contribution < 1.29 is 0 Å². The van der Waals surface area contributed by atoms with Gasteiger partial charge < -0.3 is 15.6 Å². The fraction of sp³-hybridized carbons (Fsp3) is 0.417. The van der Waals surface area contributed by atoms with E-state index in [2.05, 4.69) is 93.5 Å². The topological polar surface area (TPSA) is 70.5 Å². The summed E-state index contributed by atoms with van der Waals surface area (Å²) in [6.07, 6.45) is 0.0253. The van der Waals surface area contributed by atoms with Gasteiger partial charge in [-0.1, -0.05) is 37.3 Å². The summed E-state index contributed by atoms with van der Waals surface area (Å²) in [5.41, 5.74) is 9.98. The first kappa shape index (κ1) is 22.3. The molecular formula is C24H34N8. The van der Waals surface area contributed by atoms with Gasteiger partial charge in [0.15, 0.2) is 11.7 Å². The van der Waals surface area contributed by atoms with Crippen LogP contribution in [0.3, 0.4) is 0 Å². The van der Waals surface area contributed by atoms with Crippen molar-refractivity contribution in [2.75, 3.05) is 52.2 Å². The first-order chi connectivity index (χ1) is 15.7. The molecule has 0 aromatic heterocycles. The lowest BCUT2D eigenvalue weighted by molar-refractivity contribution is 0.134. The summed E-state index contributed by atoms with van der Waals surface area (Å²) in [4.78, 5) is 9.63. The lowest BCUT2D eigenvalue weighted by atomic mass is 10.1. The second kappa shape index (κ2) is 10.6. The number of hydrogen-bond acceptors (Lipinski definition) is 7. The maximum atomic E-state index is 4.92. The number of amidine groups is 2. The maximum absolute atomic E-state index is 4.92. The molecule has 1 atom stereocenters. The van der Waals surface area contributed by atoms with Gasteiger partial charge in [0.1, 0.15) is 6.17 Å². The van der Waals surface area contributed by atoms with Crippen LogP contribution in [0.5, 0.6) is 0 Å². The van der Waals surface area contributed by atoms with Crippen molar-refractivity contribution >= 4 is 17.4 Å². The molecular weight excluding hydrogens is 400 g/mol. The SMILES string of the molecule is CCN(C)Nc1ccc(C2=NNC(=NCc3ccccc3)C(N3CCNCC3)N2C)cc1. The Hall–Kier alpha value is -2.94. The molecule has 8 heteroatoms. The molecule has 170 valence electrons. The number of nitrogens with one attached hydrogen (secondary N) is 3. The third kappa shape index (κ3) is 5.27. The Morgan fingerprint density at radius 3 is 2.50 bits per heavy atom. The van der Waals surface area contributed by atoms with Gasteiger partial charge in [-0.15, -0.1) is 0 Å². The van der Waals surface area contributed by atoms with Crippen molar-refractivity contribution in [2.24, 2.45) is 10.1 Å². The van der Waals surface area contributed by atoms with Crippen molar-refractivity contribution in [3.8, 4) is 0 Å². The van der Waals surface area contributed by atoms with E-state index in [4.69, 9.17) is 10.1 Å². The molecule has 3 N–H and O–H groups in total. The number of hydrogen-bond donors (Lipinski definition) is 3. The molecule has 1 saturated heterocycles. The molecule has 0 amide bonds. The van der Waals surface area contributed by atoms with E-state index >= 15 is 0 Å². The second-order valence-corrected chi connectivity index (χ2v) is 8.21. The first-order valence-corrected chi connectivity index (χ1v) is 11.3. The van der Waals surface area contributed by atoms with Crippen LogP contribution >= 0.6 is 0 Å². The van der Waals surface area contributed by atoms with Crippen molar-refractivity contribution in [1.82, 2.24) is 25.6 Å². The number of hydrazone groups is 1. The van der Waals surface area contributed by atoms with Crippen LogP contribution in [0.25, 0.3) is 0 Å². The van der Waals surface area contributed by atoms with Crippen molar-refractivity contribution in [1.29, 1.82) is 0 Å². The number of benzene rings is 2. The largest absolute Gasteiger partial charge is 0.335 e. The highest BCUT2D eigenvalue weighted by Gasteiger charge is 2.34. The molecule has 0 radical (unpaired) electrons. The van der Waals surface area contributed by atoms with E-state index in [1.54, 1.807) is 0 Å². The minimum absolute atomic E-state index is 0.0253. The number of rotatable bonds is 7. The molecule has 0 spiro atoms. The maximum Gasteiger partial charge on any atom is 0.157 e. The van der Waals surface area contributed by atoms with Crippen LogP contribution in [0.4, 0.5) is 5.69 Å². The van der Waals surface area contributed by atoms with Crippen molar-refractivity contribution in [2.45, 2.75) is 19.6 Å². The van der Waals surface area contributed by atoms with Crippen molar-refractivity contribution in [3.05, 3.63) is 65.7 Å². The van der Waals surface area contributed by atoms with Gasteiger partial charge in [-0.25, -0.2) is 5.01 Å². The van der Waals surface area contributed by atoms with Crippen LogP contribution in [-0.2, 0) is 6.54 Å². The molecule has 2 heterocycles. The predicted octanol–water partition coefficient (Wildman–Crippen LogP) is 1.99. The van der Waals surface area contributed by atoms with Gasteiger partial charge in [0.05, 0.1) is 6.54 Å². The third-order valence-electron chi connectivity index (χ3n) is 5.93. The third-order valence-corrected chi connectivity index (χ3v) is 5.93. The zero-order valence-electron chi connectivity index (χ0n) is 19.3. The Labute approximate surface area is 191 Å². The van der Waals surface area contributed by atoms with Gasteiger partial charge in [-0.3, -0.25) is 15.3 Å². The van der Waals surface area contributed by atoms with Crippen LogP contribution in [0, 0.1) is 0 Å². The monoisotopic (exact) mass is 434 g/mol. The molecule has 2 aliphatic rings. The lowest BCUT2D eigenvalue weighted by Crippen LogP contribution is -2.63. The molecule has 1 fully saturated rings. The van der Waals surface area contributed by atoms with E-state index in [9.17, 15) is 0 Å². The number of anilines is 1. The van der Waals surface area contributed by atoms with E-state index in [1.165, 1.54) is 5.56 Å². The summed E-state index contributed by atoms with van der Waals surface area (Å²) in [6, 6.07) is 18.8. The minimum atomic E-state index is 0.0253. The van der Waals surface area contributed by atoms with Gasteiger partial charge in [0.2, 0.25) is 0 Å². The number of piperazine rings is 1. The molecule has 2 aliphatic heterocycles. The first-order valence-electron chi connectivity index (χ1n) is 11.3. The summed E-state index contributed by atoms with van der Waals surface area (Å²) < 4.78 is 0. The zero-order valence-corrected chi connectivity index (χ0v) is 19.3. The highest BCUT2D eigenvalue weighted by molar-refractivity contribution is 6.05. The average molecular weight is 435 g/mol. The van der Waals surface area contributed by atoms with E-state index in [-0.39, 0.29) is 6.17 Å². The molecule has 0 bridgehead atoms. The molecule has 8 nitrogen and oxygen atoms in total. The Morgan fingerprint density at radius 2 is 1.81 bits per heavy atom. The molecule has 0 saturated carbocycles. The van der Waals surface area contributed by atoms with Crippen LogP contribution < -0.4 is 16.2 Å². The van der Waals surface area contributed by atoms with Crippen molar-refractivity contribution in [3.63, 3.8) is 0 Å². The molecule has 0 aliphatic carbocycles. The Morgan fingerprint density at radius 1 is 1.09 bits per heavy atom. The minimum Gasteiger partial charge on any atom is -0.335 e. The number of nitrogens with zero attached hydrogens (tertiary/aromatic N) is 5. The molecule has 2 aromatic carbocycles. The zero-order chi connectivity index (χ0) is 22.3. The van der Waals surface area contributed by atoms with Gasteiger partial charge >= 0.3 is 0 Å². The Balaban J connectivity index is 1.57. The Kier molecular flexibility index (Phi) is 7.36. The lowest BCUT2D eigenvalue weighted by Gasteiger charge is -2.43. The number of hydrazine groups is 1. The molecule has 4 rings (SSSR count). The summed E-state index contributed by atoms with van der Waals surface area (Å²) in [5.74, 6) is 1.81. The number of aliphatic imine (C=N–C) groups is 1. The Bertz CT molecular complexity index is 919. The normalized spacial score (nSPS) is 20.9. The van der Waals surface area contributed by atoms with E-state index in [0.717, 1.165) is 55.6 Å². The fourth-order valence-corrected chi connectivity index (χ4v) is 4.03. The molecule has 1 unspecified atom stereocenters. The van der Waals surface area contributed by atoms with E-state index in [0.29, 0.717) is 6.54 Å². The smallest absolute Gasteiger partial charge is 0.157 e. The number of likely N-dealkylation sites (N-methyl/N-ethyl adjacent to an activating group) is 1. The predicted molar refractivity (Wildman–Crippen MR) is 132 cm³/mol. The van der Waals surface area contributed by atoms with Crippen LogP contribution in [-0.4, -0.2) is 79.5 Å². The van der Waals surface area contributed by atoms with Crippen LogP contribution in [0.1, 0.15) is 18.1 Å². The van der Waals surface area contributed by atoms with Gasteiger partial charge in [0.25, 0.3) is 0 Å². The van der Waals surface area contributed by atoms with Gasteiger partial charge in [-0.05, 0) is 29.8 Å².